The van der Waals surface area contributed by atoms with Gasteiger partial charge in [0.15, 0.2) is 0 Å². The van der Waals surface area contributed by atoms with E-state index in [1.54, 1.807) is 0 Å². The van der Waals surface area contributed by atoms with Crippen LogP contribution in [0.1, 0.15) is 0 Å². The third-order valence-corrected chi connectivity index (χ3v) is 11.9. The van der Waals surface area contributed by atoms with E-state index in [2.05, 4.69) is 205 Å². The molecule has 0 fully saturated rings. The van der Waals surface area contributed by atoms with Gasteiger partial charge >= 0.3 is 0 Å². The highest BCUT2D eigenvalue weighted by Crippen LogP contribution is 2.46. The van der Waals surface area contributed by atoms with Crippen LogP contribution in [0.5, 0.6) is 0 Å². The fraction of sp³-hybridized carbons (Fsp3) is 0. The predicted octanol–water partition coefficient (Wildman–Crippen LogP) is 16.3. The monoisotopic (exact) mass is 753 g/mol. The molecule has 0 saturated carbocycles. The maximum absolute atomic E-state index is 6.90. The Balaban J connectivity index is 1.01. The van der Waals surface area contributed by atoms with Crippen LogP contribution in [-0.2, 0) is 0 Å². The van der Waals surface area contributed by atoms with Gasteiger partial charge in [-0.2, -0.15) is 0 Å². The highest BCUT2D eigenvalue weighted by atomic mass is 16.3. The zero-order valence-corrected chi connectivity index (χ0v) is 32.0. The van der Waals surface area contributed by atoms with E-state index in [0.717, 1.165) is 82.8 Å². The van der Waals surface area contributed by atoms with Crippen molar-refractivity contribution in [2.24, 2.45) is 0 Å². The molecule has 10 aromatic carbocycles. The van der Waals surface area contributed by atoms with E-state index in [-0.39, 0.29) is 0 Å². The van der Waals surface area contributed by atoms with Crippen LogP contribution >= 0.6 is 0 Å². The van der Waals surface area contributed by atoms with Crippen molar-refractivity contribution in [2.75, 3.05) is 4.90 Å². The van der Waals surface area contributed by atoms with Gasteiger partial charge in [-0.15, -0.1) is 0 Å². The second-order valence-corrected chi connectivity index (χ2v) is 15.3. The molecule has 2 heterocycles. The lowest BCUT2D eigenvalue weighted by Gasteiger charge is -2.28. The summed E-state index contributed by atoms with van der Waals surface area (Å²) in [7, 11) is 0. The molecule has 276 valence electrons. The van der Waals surface area contributed by atoms with E-state index in [9.17, 15) is 0 Å². The van der Waals surface area contributed by atoms with Gasteiger partial charge in [0.2, 0.25) is 0 Å². The molecule has 0 bridgehead atoms. The summed E-state index contributed by atoms with van der Waals surface area (Å²) >= 11 is 0. The number of fused-ring (bicyclic) bond motifs is 9. The summed E-state index contributed by atoms with van der Waals surface area (Å²) in [4.78, 5) is 2.40. The number of para-hydroxylation sites is 1. The molecule has 59 heavy (non-hydrogen) atoms. The van der Waals surface area contributed by atoms with Crippen LogP contribution in [0.15, 0.2) is 221 Å². The summed E-state index contributed by atoms with van der Waals surface area (Å²) < 4.78 is 13.0. The molecule has 0 saturated heterocycles. The second-order valence-electron chi connectivity index (χ2n) is 15.3. The van der Waals surface area contributed by atoms with E-state index in [0.29, 0.717) is 0 Å². The number of hydrogen-bond donors (Lipinski definition) is 0. The summed E-state index contributed by atoms with van der Waals surface area (Å²) in [6.07, 6.45) is 0. The van der Waals surface area contributed by atoms with Crippen LogP contribution < -0.4 is 4.90 Å². The Morgan fingerprint density at radius 1 is 0.288 bits per heavy atom. The molecule has 3 nitrogen and oxygen atoms in total. The zero-order chi connectivity index (χ0) is 38.9. The first-order valence-electron chi connectivity index (χ1n) is 20.1. The molecule has 0 amide bonds. The molecular weight excluding hydrogens is 719 g/mol. The Hall–Kier alpha value is -7.88. The first-order chi connectivity index (χ1) is 29.2. The Bertz CT molecular complexity index is 3540. The largest absolute Gasteiger partial charge is 0.456 e. The van der Waals surface area contributed by atoms with Crippen LogP contribution in [0.4, 0.5) is 17.1 Å². The van der Waals surface area contributed by atoms with E-state index >= 15 is 0 Å². The number of rotatable bonds is 6. The Kier molecular flexibility index (Phi) is 7.54. The average Bonchev–Trinajstić information content (AvgIpc) is 3.88. The Morgan fingerprint density at radius 2 is 0.814 bits per heavy atom. The Morgan fingerprint density at radius 3 is 1.56 bits per heavy atom. The standard InChI is InChI=1S/C56H35NO2/c1-2-10-36(11-3-1)37-20-22-38(23-21-37)39-24-29-44(30-25-39)57(50-17-8-13-40-12-4-5-15-45(40)50)51-18-9-14-41-26-31-47-49-35-43(28-33-54(49)59-56(47)55(41)51)42-27-32-53-48(34-42)46-16-6-7-19-52(46)58-53/h1-35H. The normalized spacial score (nSPS) is 11.7. The highest BCUT2D eigenvalue weighted by molar-refractivity contribution is 6.20. The lowest BCUT2D eigenvalue weighted by Crippen LogP contribution is -2.11. The van der Waals surface area contributed by atoms with Gasteiger partial charge in [0, 0.05) is 38.0 Å². The van der Waals surface area contributed by atoms with Crippen LogP contribution in [0.3, 0.4) is 0 Å². The number of nitrogens with zero attached hydrogens (tertiary/aromatic N) is 1. The molecule has 12 rings (SSSR count). The van der Waals surface area contributed by atoms with Gasteiger partial charge in [-0.1, -0.05) is 152 Å². The highest BCUT2D eigenvalue weighted by Gasteiger charge is 2.22. The van der Waals surface area contributed by atoms with Crippen molar-refractivity contribution in [3.8, 4) is 33.4 Å². The van der Waals surface area contributed by atoms with E-state index in [4.69, 9.17) is 8.83 Å². The first kappa shape index (κ1) is 33.3. The smallest absolute Gasteiger partial charge is 0.145 e. The van der Waals surface area contributed by atoms with Gasteiger partial charge in [-0.3, -0.25) is 0 Å². The molecule has 2 aromatic heterocycles. The van der Waals surface area contributed by atoms with E-state index in [1.165, 1.54) is 33.0 Å². The summed E-state index contributed by atoms with van der Waals surface area (Å²) in [5, 5.41) is 8.98. The molecule has 3 heteroatoms. The van der Waals surface area contributed by atoms with Crippen molar-refractivity contribution in [1.82, 2.24) is 0 Å². The van der Waals surface area contributed by atoms with Crippen molar-refractivity contribution in [1.29, 1.82) is 0 Å². The minimum Gasteiger partial charge on any atom is -0.456 e. The van der Waals surface area contributed by atoms with Gasteiger partial charge in [-0.05, 0) is 105 Å². The number of benzene rings is 10. The molecule has 12 aromatic rings. The van der Waals surface area contributed by atoms with Crippen molar-refractivity contribution < 1.29 is 8.83 Å². The van der Waals surface area contributed by atoms with Crippen LogP contribution in [0.25, 0.3) is 98.8 Å². The Labute approximate surface area is 340 Å². The first-order valence-corrected chi connectivity index (χ1v) is 20.1. The van der Waals surface area contributed by atoms with Crippen LogP contribution in [0.2, 0.25) is 0 Å². The summed E-state index contributed by atoms with van der Waals surface area (Å²) in [5.41, 5.74) is 13.8. The number of furan rings is 2. The number of anilines is 3. The van der Waals surface area contributed by atoms with Gasteiger partial charge in [0.25, 0.3) is 0 Å². The van der Waals surface area contributed by atoms with Crippen LogP contribution in [0, 0.1) is 0 Å². The van der Waals surface area contributed by atoms with Crippen molar-refractivity contribution in [3.05, 3.63) is 212 Å². The van der Waals surface area contributed by atoms with Gasteiger partial charge in [0.1, 0.15) is 22.3 Å². The fourth-order valence-corrected chi connectivity index (χ4v) is 8.96. The van der Waals surface area contributed by atoms with Gasteiger partial charge < -0.3 is 13.7 Å². The second kappa shape index (κ2) is 13.4. The van der Waals surface area contributed by atoms with Crippen molar-refractivity contribution >= 4 is 82.5 Å². The minimum absolute atomic E-state index is 0.861. The third-order valence-electron chi connectivity index (χ3n) is 11.9. The average molecular weight is 754 g/mol. The topological polar surface area (TPSA) is 29.5 Å². The maximum Gasteiger partial charge on any atom is 0.145 e. The third kappa shape index (κ3) is 5.51. The molecule has 0 atom stereocenters. The summed E-state index contributed by atoms with van der Waals surface area (Å²) in [6, 6.07) is 75.8. The number of hydrogen-bond acceptors (Lipinski definition) is 3. The van der Waals surface area contributed by atoms with Crippen LogP contribution in [-0.4, -0.2) is 0 Å². The molecule has 0 radical (unpaired) electrons. The van der Waals surface area contributed by atoms with Crippen molar-refractivity contribution in [2.45, 2.75) is 0 Å². The lowest BCUT2D eigenvalue weighted by atomic mass is 9.98. The molecule has 0 aliphatic heterocycles. The quantitative estimate of drug-likeness (QED) is 0.169. The molecule has 0 spiro atoms. The van der Waals surface area contributed by atoms with E-state index < -0.39 is 0 Å². The predicted molar refractivity (Wildman–Crippen MR) is 247 cm³/mol. The molecular formula is C56H35NO2. The molecule has 0 aliphatic carbocycles. The minimum atomic E-state index is 0.861. The molecule has 0 unspecified atom stereocenters. The summed E-state index contributed by atoms with van der Waals surface area (Å²) in [5.74, 6) is 0. The maximum atomic E-state index is 6.90. The lowest BCUT2D eigenvalue weighted by molar-refractivity contribution is 0.669. The van der Waals surface area contributed by atoms with Gasteiger partial charge in [-0.25, -0.2) is 0 Å². The molecule has 0 N–H and O–H groups in total. The van der Waals surface area contributed by atoms with Gasteiger partial charge in [0.05, 0.1) is 11.4 Å². The van der Waals surface area contributed by atoms with E-state index in [1.807, 2.05) is 12.1 Å². The van der Waals surface area contributed by atoms with Crippen molar-refractivity contribution in [3.63, 3.8) is 0 Å². The zero-order valence-electron chi connectivity index (χ0n) is 32.0. The fourth-order valence-electron chi connectivity index (χ4n) is 8.96. The summed E-state index contributed by atoms with van der Waals surface area (Å²) in [6.45, 7) is 0. The molecule has 0 aliphatic rings. The SMILES string of the molecule is c1ccc(-c2ccc(-c3ccc(N(c4cccc5ccccc45)c4cccc5ccc6c7cc(-c8ccc9oc%10ccccc%10c9c8)ccc7oc6c45)cc3)cc2)cc1.